The van der Waals surface area contributed by atoms with Crippen LogP contribution >= 0.6 is 0 Å². The van der Waals surface area contributed by atoms with Crippen LogP contribution in [0, 0.1) is 0 Å². The Labute approximate surface area is 297 Å². The van der Waals surface area contributed by atoms with Crippen molar-refractivity contribution < 1.29 is 8.83 Å². The molecule has 0 saturated carbocycles. The van der Waals surface area contributed by atoms with Gasteiger partial charge in [-0.05, 0) is 63.0 Å². The highest BCUT2D eigenvalue weighted by Gasteiger charge is 2.19. The van der Waals surface area contributed by atoms with Gasteiger partial charge in [0.2, 0.25) is 0 Å². The summed E-state index contributed by atoms with van der Waals surface area (Å²) in [6.07, 6.45) is 0. The molecule has 0 saturated heterocycles. The van der Waals surface area contributed by atoms with Crippen LogP contribution in [0.3, 0.4) is 0 Å². The van der Waals surface area contributed by atoms with Crippen LogP contribution < -0.4 is 0 Å². The fourth-order valence-electron chi connectivity index (χ4n) is 7.77. The highest BCUT2D eigenvalue weighted by Crippen LogP contribution is 2.41. The molecule has 0 radical (unpaired) electrons. The molecule has 242 valence electrons. The molecule has 5 nitrogen and oxygen atoms in total. The molecular formula is C47H27N3O2. The Hall–Kier alpha value is -7.11. The van der Waals surface area contributed by atoms with Gasteiger partial charge in [0.25, 0.3) is 0 Å². The van der Waals surface area contributed by atoms with Gasteiger partial charge in [0, 0.05) is 38.2 Å². The lowest BCUT2D eigenvalue weighted by atomic mass is 9.93. The Morgan fingerprint density at radius 1 is 0.308 bits per heavy atom. The zero-order valence-electron chi connectivity index (χ0n) is 27.7. The van der Waals surface area contributed by atoms with Crippen LogP contribution in [0.15, 0.2) is 173 Å². The summed E-state index contributed by atoms with van der Waals surface area (Å²) in [7, 11) is 0. The Kier molecular flexibility index (Phi) is 6.18. The lowest BCUT2D eigenvalue weighted by Gasteiger charge is -2.13. The van der Waals surface area contributed by atoms with Gasteiger partial charge in [-0.3, -0.25) is 0 Å². The number of hydrogen-bond acceptors (Lipinski definition) is 5. The molecule has 8 aromatic carbocycles. The summed E-state index contributed by atoms with van der Waals surface area (Å²) in [5.74, 6) is 1.86. The normalized spacial score (nSPS) is 11.8. The fourth-order valence-corrected chi connectivity index (χ4v) is 7.77. The third-order valence-corrected chi connectivity index (χ3v) is 10.1. The minimum atomic E-state index is 0.616. The molecule has 52 heavy (non-hydrogen) atoms. The van der Waals surface area contributed by atoms with Crippen molar-refractivity contribution in [3.8, 4) is 45.3 Å². The Bertz CT molecular complexity index is 3190. The third-order valence-electron chi connectivity index (χ3n) is 10.1. The minimum absolute atomic E-state index is 0.616. The number of hydrogen-bond donors (Lipinski definition) is 0. The second-order valence-corrected chi connectivity index (χ2v) is 13.1. The van der Waals surface area contributed by atoms with Gasteiger partial charge in [-0.1, -0.05) is 133 Å². The summed E-state index contributed by atoms with van der Waals surface area (Å²) in [5, 5.41) is 8.84. The van der Waals surface area contributed by atoms with Crippen LogP contribution in [0.4, 0.5) is 0 Å². The molecule has 0 aliphatic carbocycles. The predicted octanol–water partition coefficient (Wildman–Crippen LogP) is 12.6. The maximum atomic E-state index is 6.26. The average Bonchev–Trinajstić information content (AvgIpc) is 3.79. The van der Waals surface area contributed by atoms with E-state index in [0.717, 1.165) is 93.2 Å². The van der Waals surface area contributed by atoms with Gasteiger partial charge >= 0.3 is 0 Å². The van der Waals surface area contributed by atoms with Crippen LogP contribution in [0.25, 0.3) is 111 Å². The lowest BCUT2D eigenvalue weighted by Crippen LogP contribution is -2.00. The van der Waals surface area contributed by atoms with Gasteiger partial charge in [0.15, 0.2) is 17.5 Å². The van der Waals surface area contributed by atoms with Gasteiger partial charge in [0.05, 0.1) is 0 Å². The third kappa shape index (κ3) is 4.39. The predicted molar refractivity (Wildman–Crippen MR) is 211 cm³/mol. The smallest absolute Gasteiger partial charge is 0.164 e. The molecule has 0 amide bonds. The van der Waals surface area contributed by atoms with E-state index in [0.29, 0.717) is 17.5 Å². The van der Waals surface area contributed by atoms with Gasteiger partial charge in [-0.25, -0.2) is 15.0 Å². The molecule has 0 atom stereocenters. The van der Waals surface area contributed by atoms with Crippen molar-refractivity contribution in [2.45, 2.75) is 0 Å². The summed E-state index contributed by atoms with van der Waals surface area (Å²) in [4.78, 5) is 15.4. The van der Waals surface area contributed by atoms with Crippen LogP contribution in [-0.4, -0.2) is 15.0 Å². The number of fused-ring (bicyclic) bond motifs is 9. The highest BCUT2D eigenvalue weighted by molar-refractivity contribution is 6.19. The Morgan fingerprint density at radius 3 is 1.65 bits per heavy atom. The Morgan fingerprint density at radius 2 is 0.865 bits per heavy atom. The van der Waals surface area contributed by atoms with Crippen molar-refractivity contribution in [3.05, 3.63) is 164 Å². The first-order valence-corrected chi connectivity index (χ1v) is 17.4. The number of benzene rings is 8. The summed E-state index contributed by atoms with van der Waals surface area (Å²) >= 11 is 0. The first-order valence-electron chi connectivity index (χ1n) is 17.4. The van der Waals surface area contributed by atoms with E-state index < -0.39 is 0 Å². The average molecular weight is 666 g/mol. The molecule has 0 bridgehead atoms. The molecule has 0 aliphatic heterocycles. The van der Waals surface area contributed by atoms with Crippen molar-refractivity contribution in [1.29, 1.82) is 0 Å². The zero-order chi connectivity index (χ0) is 34.2. The first kappa shape index (κ1) is 28.7. The highest BCUT2D eigenvalue weighted by atomic mass is 16.3. The van der Waals surface area contributed by atoms with E-state index in [1.807, 2.05) is 60.7 Å². The van der Waals surface area contributed by atoms with Gasteiger partial charge < -0.3 is 8.83 Å². The van der Waals surface area contributed by atoms with Gasteiger partial charge in [-0.15, -0.1) is 0 Å². The number of para-hydroxylation sites is 2. The number of nitrogens with zero attached hydrogens (tertiary/aromatic N) is 3. The molecular weight excluding hydrogens is 639 g/mol. The molecule has 0 unspecified atom stereocenters. The number of furan rings is 2. The fraction of sp³-hybridized carbons (Fsp3) is 0. The van der Waals surface area contributed by atoms with E-state index in [4.69, 9.17) is 23.8 Å². The van der Waals surface area contributed by atoms with E-state index in [-0.39, 0.29) is 0 Å². The van der Waals surface area contributed by atoms with Crippen molar-refractivity contribution in [3.63, 3.8) is 0 Å². The van der Waals surface area contributed by atoms with Crippen molar-refractivity contribution >= 4 is 65.4 Å². The SMILES string of the molecule is c1ccc(-c2nc(-c3ccc4c(ccc5oc6ccccc6c54)c3)nc(-c3cccc4c(-c5cccc6oc7ccccc7c56)cccc34)n2)cc1. The molecule has 11 rings (SSSR count). The van der Waals surface area contributed by atoms with Crippen molar-refractivity contribution in [2.24, 2.45) is 0 Å². The standard InChI is InChI=1S/C47H27N3O2/c1-2-11-28(12-3-1)45-48-46(30-23-25-31-29(27-30)24-26-42-43(31)37-13-4-6-20-39(37)52-42)50-47(49-45)36-19-9-15-32-33(16-8-17-34(32)36)35-18-10-22-41-44(35)38-14-5-7-21-40(38)51-41/h1-27H. The molecule has 3 heterocycles. The van der Waals surface area contributed by atoms with Crippen molar-refractivity contribution in [1.82, 2.24) is 15.0 Å². The van der Waals surface area contributed by atoms with Crippen LogP contribution in [0.1, 0.15) is 0 Å². The van der Waals surface area contributed by atoms with E-state index in [1.54, 1.807) is 0 Å². The lowest BCUT2D eigenvalue weighted by molar-refractivity contribution is 0.668. The van der Waals surface area contributed by atoms with E-state index in [1.165, 1.54) is 0 Å². The molecule has 0 N–H and O–H groups in total. The largest absolute Gasteiger partial charge is 0.456 e. The second kappa shape index (κ2) is 11.2. The number of aromatic nitrogens is 3. The topological polar surface area (TPSA) is 65.0 Å². The minimum Gasteiger partial charge on any atom is -0.456 e. The van der Waals surface area contributed by atoms with Gasteiger partial charge in [-0.2, -0.15) is 0 Å². The zero-order valence-corrected chi connectivity index (χ0v) is 27.7. The van der Waals surface area contributed by atoms with Crippen LogP contribution in [0.2, 0.25) is 0 Å². The molecule has 0 spiro atoms. The summed E-state index contributed by atoms with van der Waals surface area (Å²) < 4.78 is 12.4. The van der Waals surface area contributed by atoms with E-state index in [2.05, 4.69) is 103 Å². The molecule has 11 aromatic rings. The summed E-state index contributed by atoms with van der Waals surface area (Å²) in [6.45, 7) is 0. The van der Waals surface area contributed by atoms with Crippen LogP contribution in [-0.2, 0) is 0 Å². The molecule has 3 aromatic heterocycles. The Balaban J connectivity index is 1.12. The quantitative estimate of drug-likeness (QED) is 0.187. The summed E-state index contributed by atoms with van der Waals surface area (Å²) in [5.41, 5.74) is 8.56. The van der Waals surface area contributed by atoms with E-state index >= 15 is 0 Å². The monoisotopic (exact) mass is 665 g/mol. The number of rotatable bonds is 4. The maximum Gasteiger partial charge on any atom is 0.164 e. The van der Waals surface area contributed by atoms with E-state index in [9.17, 15) is 0 Å². The van der Waals surface area contributed by atoms with Crippen LogP contribution in [0.5, 0.6) is 0 Å². The first-order chi connectivity index (χ1) is 25.8. The maximum absolute atomic E-state index is 6.26. The van der Waals surface area contributed by atoms with Gasteiger partial charge in [0.1, 0.15) is 22.3 Å². The second-order valence-electron chi connectivity index (χ2n) is 13.1. The van der Waals surface area contributed by atoms with Crippen molar-refractivity contribution in [2.75, 3.05) is 0 Å². The molecule has 0 fully saturated rings. The molecule has 0 aliphatic rings. The summed E-state index contributed by atoms with van der Waals surface area (Å²) in [6, 6.07) is 56.3. The molecule has 5 heteroatoms.